The Bertz CT molecular complexity index is 1730. The van der Waals surface area contributed by atoms with Crippen molar-refractivity contribution in [3.05, 3.63) is 83.7 Å². The zero-order valence-corrected chi connectivity index (χ0v) is 23.2. The van der Waals surface area contributed by atoms with Crippen molar-refractivity contribution in [1.29, 1.82) is 0 Å². The van der Waals surface area contributed by atoms with E-state index >= 15 is 0 Å². The predicted molar refractivity (Wildman–Crippen MR) is 153 cm³/mol. The number of likely N-dealkylation sites (N-methyl/N-ethyl adjacent to an activating group) is 1. The highest BCUT2D eigenvalue weighted by Gasteiger charge is 2.24. The van der Waals surface area contributed by atoms with E-state index in [1.165, 1.54) is 0 Å². The zero-order valence-electron chi connectivity index (χ0n) is 22.3. The van der Waals surface area contributed by atoms with Gasteiger partial charge in [0, 0.05) is 48.0 Å². The number of nitrogens with one attached hydrogen (secondary N) is 1. The van der Waals surface area contributed by atoms with Crippen LogP contribution in [-0.4, -0.2) is 52.4 Å². The number of aromatic nitrogens is 2. The normalized spacial score (nSPS) is 13.3. The Kier molecular flexibility index (Phi) is 7.42. The van der Waals surface area contributed by atoms with Crippen LogP contribution in [0.15, 0.2) is 66.9 Å². The van der Waals surface area contributed by atoms with Crippen LogP contribution in [0.2, 0.25) is 0 Å². The van der Waals surface area contributed by atoms with Crippen molar-refractivity contribution >= 4 is 46.3 Å². The fourth-order valence-electron chi connectivity index (χ4n) is 4.87. The van der Waals surface area contributed by atoms with Gasteiger partial charge in [-0.2, -0.15) is 0 Å². The molecule has 0 bridgehead atoms. The molecule has 0 spiro atoms. The molecule has 2 heterocycles. The molecule has 2 N–H and O–H groups in total. The van der Waals surface area contributed by atoms with Gasteiger partial charge >= 0.3 is 7.82 Å². The Morgan fingerprint density at radius 3 is 2.56 bits per heavy atom. The minimum Gasteiger partial charge on any atom is -0.404 e. The van der Waals surface area contributed by atoms with Gasteiger partial charge in [0.25, 0.3) is 5.91 Å². The maximum absolute atomic E-state index is 13.0. The molecular formula is C29H31N4O5P. The molecule has 5 rings (SSSR count). The number of aryl methyl sites for hydroxylation is 2. The van der Waals surface area contributed by atoms with Gasteiger partial charge in [0.2, 0.25) is 0 Å². The predicted octanol–water partition coefficient (Wildman–Crippen LogP) is 5.18. The standard InChI is InChI=1S/C29H31N4O5P/c1-19-22-12-13-30-27(29(34)31-14-15-32(2)3)24(22)17-25-23-16-21(10-11-26(23)33(4)28(19)25)38-39(35,36)37-18-20-8-6-5-7-9-20/h5-13,16-17H,14-15,18H2,1-4H3,(H,31,34)(H,35,36). The second kappa shape index (κ2) is 10.8. The maximum Gasteiger partial charge on any atom is 0.527 e. The first kappa shape index (κ1) is 26.8. The van der Waals surface area contributed by atoms with E-state index in [1.807, 2.05) is 69.4 Å². The van der Waals surface area contributed by atoms with Gasteiger partial charge < -0.3 is 19.3 Å². The van der Waals surface area contributed by atoms with E-state index in [1.54, 1.807) is 30.5 Å². The molecule has 0 radical (unpaired) electrons. The van der Waals surface area contributed by atoms with Crippen LogP contribution in [0, 0.1) is 6.92 Å². The van der Waals surface area contributed by atoms with E-state index in [4.69, 9.17) is 9.05 Å². The van der Waals surface area contributed by atoms with Gasteiger partial charge in [-0.05, 0) is 67.9 Å². The number of fused-ring (bicyclic) bond motifs is 4. The minimum absolute atomic E-state index is 0.0529. The van der Waals surface area contributed by atoms with Gasteiger partial charge in [0.1, 0.15) is 11.4 Å². The lowest BCUT2D eigenvalue weighted by Gasteiger charge is -2.13. The Morgan fingerprint density at radius 2 is 1.82 bits per heavy atom. The van der Waals surface area contributed by atoms with Crippen molar-refractivity contribution in [2.75, 3.05) is 27.2 Å². The first-order valence-electron chi connectivity index (χ1n) is 12.6. The Hall–Kier alpha value is -3.75. The molecular weight excluding hydrogens is 515 g/mol. The van der Waals surface area contributed by atoms with Crippen LogP contribution in [0.25, 0.3) is 32.6 Å². The highest BCUT2D eigenvalue weighted by atomic mass is 31.2. The fraction of sp³-hybridized carbons (Fsp3) is 0.241. The van der Waals surface area contributed by atoms with Gasteiger partial charge in [-0.1, -0.05) is 30.3 Å². The third kappa shape index (κ3) is 5.53. The Labute approximate surface area is 226 Å². The van der Waals surface area contributed by atoms with Crippen molar-refractivity contribution < 1.29 is 23.3 Å². The zero-order chi connectivity index (χ0) is 27.7. The molecule has 0 saturated carbocycles. The highest BCUT2D eigenvalue weighted by molar-refractivity contribution is 7.47. The molecule has 5 aromatic rings. The summed E-state index contributed by atoms with van der Waals surface area (Å²) < 4.78 is 25.4. The third-order valence-corrected chi connectivity index (χ3v) is 7.66. The van der Waals surface area contributed by atoms with Crippen molar-refractivity contribution in [1.82, 2.24) is 19.8 Å². The number of rotatable bonds is 9. The first-order valence-corrected chi connectivity index (χ1v) is 14.1. The summed E-state index contributed by atoms with van der Waals surface area (Å²) in [6, 6.07) is 18.2. The summed E-state index contributed by atoms with van der Waals surface area (Å²) in [4.78, 5) is 29.8. The quantitative estimate of drug-likeness (QED) is 0.246. The van der Waals surface area contributed by atoms with E-state index in [-0.39, 0.29) is 18.3 Å². The van der Waals surface area contributed by atoms with E-state index in [2.05, 4.69) is 14.9 Å². The molecule has 0 saturated heterocycles. The average molecular weight is 547 g/mol. The lowest BCUT2D eigenvalue weighted by atomic mass is 10.00. The summed E-state index contributed by atoms with van der Waals surface area (Å²) >= 11 is 0. The van der Waals surface area contributed by atoms with Gasteiger partial charge in [-0.3, -0.25) is 19.2 Å². The number of carbonyl (C=O) groups is 1. The van der Waals surface area contributed by atoms with E-state index in [9.17, 15) is 14.3 Å². The second-order valence-corrected chi connectivity index (χ2v) is 11.1. The van der Waals surface area contributed by atoms with Crippen LogP contribution in [0.3, 0.4) is 0 Å². The smallest absolute Gasteiger partial charge is 0.404 e. The minimum atomic E-state index is -4.37. The highest BCUT2D eigenvalue weighted by Crippen LogP contribution is 2.46. The van der Waals surface area contributed by atoms with Crippen LogP contribution in [0.1, 0.15) is 21.6 Å². The number of phosphoric ester groups is 1. The molecule has 1 atom stereocenters. The molecule has 1 amide bonds. The lowest BCUT2D eigenvalue weighted by molar-refractivity contribution is 0.0948. The molecule has 3 aromatic carbocycles. The number of pyridine rings is 1. The summed E-state index contributed by atoms with van der Waals surface area (Å²) in [7, 11) is 1.50. The Balaban J connectivity index is 1.53. The van der Waals surface area contributed by atoms with Crippen LogP contribution < -0.4 is 9.84 Å². The largest absolute Gasteiger partial charge is 0.527 e. The second-order valence-electron chi connectivity index (χ2n) is 9.77. The summed E-state index contributed by atoms with van der Waals surface area (Å²) in [5.74, 6) is -0.0262. The van der Waals surface area contributed by atoms with Gasteiger partial charge in [-0.25, -0.2) is 4.57 Å². The number of nitrogens with zero attached hydrogens (tertiary/aromatic N) is 3. The van der Waals surface area contributed by atoms with E-state index in [0.717, 1.165) is 50.2 Å². The number of amides is 1. The number of hydrogen-bond acceptors (Lipinski definition) is 6. The summed E-state index contributed by atoms with van der Waals surface area (Å²) in [6.07, 6.45) is 1.66. The summed E-state index contributed by atoms with van der Waals surface area (Å²) in [5, 5.41) is 6.33. The molecule has 0 aliphatic heterocycles. The third-order valence-electron chi connectivity index (χ3n) is 6.77. The topological polar surface area (TPSA) is 106 Å². The number of hydrogen-bond donors (Lipinski definition) is 2. The summed E-state index contributed by atoms with van der Waals surface area (Å²) in [5.41, 5.74) is 4.03. The van der Waals surface area contributed by atoms with Crippen LogP contribution in [0.5, 0.6) is 5.75 Å². The molecule has 2 aromatic heterocycles. The van der Waals surface area contributed by atoms with E-state index in [0.29, 0.717) is 12.2 Å². The summed E-state index contributed by atoms with van der Waals surface area (Å²) in [6.45, 7) is 3.19. The molecule has 0 fully saturated rings. The van der Waals surface area contributed by atoms with Gasteiger partial charge in [0.15, 0.2) is 0 Å². The van der Waals surface area contributed by atoms with Crippen LogP contribution in [0.4, 0.5) is 0 Å². The molecule has 0 aliphatic carbocycles. The van der Waals surface area contributed by atoms with Crippen molar-refractivity contribution in [2.45, 2.75) is 13.5 Å². The van der Waals surface area contributed by atoms with Crippen molar-refractivity contribution in [3.63, 3.8) is 0 Å². The molecule has 1 unspecified atom stereocenters. The molecule has 39 heavy (non-hydrogen) atoms. The fourth-order valence-corrected chi connectivity index (χ4v) is 5.62. The number of carbonyl (C=O) groups excluding carboxylic acids is 1. The molecule has 0 aliphatic rings. The molecule has 9 nitrogen and oxygen atoms in total. The number of benzene rings is 3. The first-order chi connectivity index (χ1) is 18.6. The maximum atomic E-state index is 13.0. The van der Waals surface area contributed by atoms with E-state index < -0.39 is 7.82 Å². The Morgan fingerprint density at radius 1 is 1.05 bits per heavy atom. The number of phosphoric acid groups is 1. The van der Waals surface area contributed by atoms with Gasteiger partial charge in [-0.15, -0.1) is 0 Å². The van der Waals surface area contributed by atoms with Crippen LogP contribution in [-0.2, 0) is 22.7 Å². The average Bonchev–Trinajstić information content (AvgIpc) is 3.18. The van der Waals surface area contributed by atoms with Crippen LogP contribution >= 0.6 is 7.82 Å². The molecule has 10 heteroatoms. The molecule has 202 valence electrons. The monoisotopic (exact) mass is 546 g/mol. The van der Waals surface area contributed by atoms with Gasteiger partial charge in [0.05, 0.1) is 12.1 Å². The van der Waals surface area contributed by atoms with Crippen molar-refractivity contribution in [3.8, 4) is 5.75 Å². The SMILES string of the molecule is Cc1c2ccnc(C(=O)NCCN(C)C)c2cc2c3cc(OP(=O)(O)OCc4ccccc4)ccc3n(C)c12. The van der Waals surface area contributed by atoms with Crippen molar-refractivity contribution in [2.24, 2.45) is 7.05 Å². The lowest BCUT2D eigenvalue weighted by Crippen LogP contribution is -2.31.